The number of amides is 1. The molecule has 6 heteroatoms. The Morgan fingerprint density at radius 2 is 2.16 bits per heavy atom. The van der Waals surface area contributed by atoms with Crippen molar-refractivity contribution in [2.24, 2.45) is 0 Å². The largest absolute Gasteiger partial charge is 0.373 e. The van der Waals surface area contributed by atoms with Crippen molar-refractivity contribution in [3.05, 3.63) is 44.7 Å². The van der Waals surface area contributed by atoms with Crippen LogP contribution in [0.4, 0.5) is 0 Å². The van der Waals surface area contributed by atoms with Gasteiger partial charge in [0.05, 0.1) is 17.5 Å². The van der Waals surface area contributed by atoms with E-state index in [1.54, 1.807) is 0 Å². The molecule has 25 heavy (non-hydrogen) atoms. The SMILES string of the molecule is Cc1nc(CNC(=O)c2ccc(C3CCCO3)s2)nc2c1CCCC2. The number of ether oxygens (including phenoxy) is 1. The fourth-order valence-corrected chi connectivity index (χ4v) is 4.63. The monoisotopic (exact) mass is 357 g/mol. The van der Waals surface area contributed by atoms with Gasteiger partial charge in [-0.25, -0.2) is 9.97 Å². The summed E-state index contributed by atoms with van der Waals surface area (Å²) in [6.45, 7) is 3.24. The van der Waals surface area contributed by atoms with Crippen molar-refractivity contribution >= 4 is 17.2 Å². The predicted molar refractivity (Wildman–Crippen MR) is 96.8 cm³/mol. The van der Waals surface area contributed by atoms with Crippen molar-refractivity contribution < 1.29 is 9.53 Å². The summed E-state index contributed by atoms with van der Waals surface area (Å²) >= 11 is 1.52. The molecular formula is C19H23N3O2S. The van der Waals surface area contributed by atoms with Gasteiger partial charge < -0.3 is 10.1 Å². The predicted octanol–water partition coefficient (Wildman–Crippen LogP) is 3.51. The average Bonchev–Trinajstić information content (AvgIpc) is 3.31. The lowest BCUT2D eigenvalue weighted by molar-refractivity contribution is 0.0954. The maximum absolute atomic E-state index is 12.4. The Labute approximate surface area is 151 Å². The van der Waals surface area contributed by atoms with Gasteiger partial charge in [0.2, 0.25) is 0 Å². The summed E-state index contributed by atoms with van der Waals surface area (Å²) in [5.74, 6) is 0.649. The molecule has 0 radical (unpaired) electrons. The van der Waals surface area contributed by atoms with Gasteiger partial charge in [-0.1, -0.05) is 0 Å². The van der Waals surface area contributed by atoms with E-state index in [0.29, 0.717) is 12.4 Å². The van der Waals surface area contributed by atoms with E-state index in [4.69, 9.17) is 4.74 Å². The van der Waals surface area contributed by atoms with Gasteiger partial charge >= 0.3 is 0 Å². The molecule has 2 aromatic rings. The van der Waals surface area contributed by atoms with Crippen molar-refractivity contribution in [2.75, 3.05) is 6.61 Å². The number of fused-ring (bicyclic) bond motifs is 1. The summed E-state index contributed by atoms with van der Waals surface area (Å²) in [6, 6.07) is 3.89. The minimum absolute atomic E-state index is 0.0618. The Morgan fingerprint density at radius 1 is 1.28 bits per heavy atom. The standard InChI is InChI=1S/C19H23N3O2S/c1-12-13-5-2-3-6-14(13)22-18(21-12)11-20-19(23)17-9-8-16(25-17)15-7-4-10-24-15/h8-9,15H,2-7,10-11H2,1H3,(H,20,23). The smallest absolute Gasteiger partial charge is 0.261 e. The van der Waals surface area contributed by atoms with Crippen LogP contribution in [0, 0.1) is 6.92 Å². The average molecular weight is 357 g/mol. The van der Waals surface area contributed by atoms with Gasteiger partial charge in [-0.2, -0.15) is 0 Å². The molecule has 0 aromatic carbocycles. The zero-order chi connectivity index (χ0) is 17.2. The van der Waals surface area contributed by atoms with Gasteiger partial charge in [0.1, 0.15) is 5.82 Å². The first-order valence-electron chi connectivity index (χ1n) is 9.05. The van der Waals surface area contributed by atoms with Crippen LogP contribution in [0.5, 0.6) is 0 Å². The number of nitrogens with zero attached hydrogens (tertiary/aromatic N) is 2. The number of aromatic nitrogens is 2. The molecule has 1 unspecified atom stereocenters. The molecule has 2 aromatic heterocycles. The molecule has 1 amide bonds. The third kappa shape index (κ3) is 3.60. The summed E-state index contributed by atoms with van der Waals surface area (Å²) in [4.78, 5) is 23.5. The molecule has 132 valence electrons. The fraction of sp³-hybridized carbons (Fsp3) is 0.526. The van der Waals surface area contributed by atoms with E-state index in [1.165, 1.54) is 35.4 Å². The van der Waals surface area contributed by atoms with Crippen molar-refractivity contribution in [3.63, 3.8) is 0 Å². The van der Waals surface area contributed by atoms with Gasteiger partial charge in [0, 0.05) is 22.9 Å². The van der Waals surface area contributed by atoms with E-state index < -0.39 is 0 Å². The van der Waals surface area contributed by atoms with Crippen LogP contribution in [0.15, 0.2) is 12.1 Å². The summed E-state index contributed by atoms with van der Waals surface area (Å²) in [5, 5.41) is 2.96. The molecule has 0 bridgehead atoms. The summed E-state index contributed by atoms with van der Waals surface area (Å²) < 4.78 is 5.69. The molecule has 1 fully saturated rings. The van der Waals surface area contributed by atoms with Crippen LogP contribution >= 0.6 is 11.3 Å². The van der Waals surface area contributed by atoms with Crippen LogP contribution in [-0.4, -0.2) is 22.5 Å². The van der Waals surface area contributed by atoms with Gasteiger partial charge in [-0.05, 0) is 63.1 Å². The highest BCUT2D eigenvalue weighted by atomic mass is 32.1. The van der Waals surface area contributed by atoms with Gasteiger partial charge in [-0.3, -0.25) is 4.79 Å². The number of rotatable bonds is 4. The number of carbonyl (C=O) groups excluding carboxylic acids is 1. The van der Waals surface area contributed by atoms with E-state index in [0.717, 1.165) is 47.7 Å². The van der Waals surface area contributed by atoms with Crippen LogP contribution in [0.25, 0.3) is 0 Å². The summed E-state index contributed by atoms with van der Waals surface area (Å²) in [6.07, 6.45) is 6.82. The number of nitrogens with one attached hydrogen (secondary N) is 1. The molecule has 1 aliphatic heterocycles. The molecule has 1 aliphatic carbocycles. The van der Waals surface area contributed by atoms with Crippen LogP contribution in [0.2, 0.25) is 0 Å². The molecule has 1 atom stereocenters. The molecular weight excluding hydrogens is 334 g/mol. The molecule has 5 nitrogen and oxygen atoms in total. The van der Waals surface area contributed by atoms with E-state index in [2.05, 4.69) is 15.3 Å². The normalized spacial score (nSPS) is 19.6. The maximum Gasteiger partial charge on any atom is 0.261 e. The Bertz CT molecular complexity index is 781. The highest BCUT2D eigenvalue weighted by molar-refractivity contribution is 7.14. The third-order valence-corrected chi connectivity index (χ3v) is 6.12. The molecule has 0 saturated carbocycles. The van der Waals surface area contributed by atoms with Crippen LogP contribution in [0.1, 0.15) is 69.1 Å². The second kappa shape index (κ2) is 7.22. The quantitative estimate of drug-likeness (QED) is 0.909. The fourth-order valence-electron chi connectivity index (χ4n) is 3.62. The van der Waals surface area contributed by atoms with Crippen molar-refractivity contribution in [1.82, 2.24) is 15.3 Å². The Balaban J connectivity index is 1.41. The Kier molecular flexibility index (Phi) is 4.81. The van der Waals surface area contributed by atoms with Gasteiger partial charge in [0.25, 0.3) is 5.91 Å². The second-order valence-corrected chi connectivity index (χ2v) is 7.86. The molecule has 4 rings (SSSR count). The van der Waals surface area contributed by atoms with E-state index in [9.17, 15) is 4.79 Å². The lowest BCUT2D eigenvalue weighted by Crippen LogP contribution is -2.24. The van der Waals surface area contributed by atoms with Crippen molar-refractivity contribution in [1.29, 1.82) is 0 Å². The number of hydrogen-bond donors (Lipinski definition) is 1. The van der Waals surface area contributed by atoms with E-state index >= 15 is 0 Å². The maximum atomic E-state index is 12.4. The highest BCUT2D eigenvalue weighted by Crippen LogP contribution is 2.33. The molecule has 2 aliphatic rings. The minimum Gasteiger partial charge on any atom is -0.373 e. The summed E-state index contributed by atoms with van der Waals surface area (Å²) in [7, 11) is 0. The number of hydrogen-bond acceptors (Lipinski definition) is 5. The number of carbonyl (C=O) groups is 1. The lowest BCUT2D eigenvalue weighted by atomic mass is 9.95. The first-order chi connectivity index (χ1) is 12.2. The third-order valence-electron chi connectivity index (χ3n) is 4.94. The van der Waals surface area contributed by atoms with Crippen molar-refractivity contribution in [3.8, 4) is 0 Å². The Hall–Kier alpha value is -1.79. The Morgan fingerprint density at radius 3 is 3.00 bits per heavy atom. The zero-order valence-corrected chi connectivity index (χ0v) is 15.3. The first-order valence-corrected chi connectivity index (χ1v) is 9.87. The van der Waals surface area contributed by atoms with Gasteiger partial charge in [0.15, 0.2) is 0 Å². The van der Waals surface area contributed by atoms with Crippen LogP contribution in [-0.2, 0) is 24.1 Å². The molecule has 1 N–H and O–H groups in total. The summed E-state index contributed by atoms with van der Waals surface area (Å²) in [5.41, 5.74) is 3.53. The van der Waals surface area contributed by atoms with E-state index in [1.807, 2.05) is 19.1 Å². The number of thiophene rings is 1. The first kappa shape index (κ1) is 16.7. The second-order valence-electron chi connectivity index (χ2n) is 6.74. The number of aryl methyl sites for hydroxylation is 2. The molecule has 3 heterocycles. The van der Waals surface area contributed by atoms with Crippen molar-refractivity contribution in [2.45, 2.75) is 58.1 Å². The lowest BCUT2D eigenvalue weighted by Gasteiger charge is -2.17. The topological polar surface area (TPSA) is 64.1 Å². The minimum atomic E-state index is -0.0618. The van der Waals surface area contributed by atoms with Crippen LogP contribution in [0.3, 0.4) is 0 Å². The van der Waals surface area contributed by atoms with E-state index in [-0.39, 0.29) is 12.0 Å². The van der Waals surface area contributed by atoms with Crippen LogP contribution < -0.4 is 5.32 Å². The van der Waals surface area contributed by atoms with Gasteiger partial charge in [-0.15, -0.1) is 11.3 Å². The molecule has 1 saturated heterocycles. The highest BCUT2D eigenvalue weighted by Gasteiger charge is 2.21. The molecule has 0 spiro atoms. The zero-order valence-electron chi connectivity index (χ0n) is 14.5.